The van der Waals surface area contributed by atoms with E-state index in [1.807, 2.05) is 0 Å². The summed E-state index contributed by atoms with van der Waals surface area (Å²) < 4.78 is 10.2. The molecule has 11 heteroatoms. The van der Waals surface area contributed by atoms with E-state index in [0.29, 0.717) is 22.7 Å². The fourth-order valence-electron chi connectivity index (χ4n) is 3.66. The van der Waals surface area contributed by atoms with E-state index in [0.717, 1.165) is 0 Å². The molecule has 2 amide bonds. The number of H-pyrrole nitrogens is 1. The number of amides is 2. The molecule has 11 nitrogen and oxygen atoms in total. The lowest BCUT2D eigenvalue weighted by atomic mass is 9.92. The Morgan fingerprint density at radius 1 is 1.11 bits per heavy atom. The normalized spacial score (nSPS) is 14.3. The molecule has 1 aromatic heterocycles. The van der Waals surface area contributed by atoms with E-state index in [4.69, 9.17) is 9.47 Å². The second-order valence-corrected chi connectivity index (χ2v) is 7.59. The van der Waals surface area contributed by atoms with Gasteiger partial charge in [0.15, 0.2) is 0 Å². The number of carbonyl (C=O) groups excluding carboxylic acids is 3. The van der Waals surface area contributed by atoms with Gasteiger partial charge in [0.25, 0.3) is 5.56 Å². The molecule has 0 radical (unpaired) electrons. The van der Waals surface area contributed by atoms with Crippen LogP contribution < -0.4 is 26.2 Å². The van der Waals surface area contributed by atoms with E-state index in [9.17, 15) is 19.2 Å². The second kappa shape index (κ2) is 10.1. The molecular formula is C24H23N5O6. The zero-order chi connectivity index (χ0) is 24.9. The van der Waals surface area contributed by atoms with Crippen molar-refractivity contribution in [3.8, 4) is 5.75 Å². The smallest absolute Gasteiger partial charge is 0.338 e. The number of methoxy groups -OCH3 is 1. The van der Waals surface area contributed by atoms with Gasteiger partial charge in [0, 0.05) is 12.1 Å². The van der Waals surface area contributed by atoms with Crippen LogP contribution >= 0.6 is 0 Å². The van der Waals surface area contributed by atoms with Crippen LogP contribution in [0.2, 0.25) is 0 Å². The van der Waals surface area contributed by atoms with Crippen LogP contribution in [0, 0.1) is 0 Å². The third-order valence-electron chi connectivity index (χ3n) is 5.29. The van der Waals surface area contributed by atoms with Crippen LogP contribution in [0.25, 0.3) is 0 Å². The van der Waals surface area contributed by atoms with Crippen LogP contribution in [0.4, 0.5) is 23.1 Å². The van der Waals surface area contributed by atoms with Gasteiger partial charge in [0.1, 0.15) is 11.6 Å². The lowest BCUT2D eigenvalue weighted by Crippen LogP contribution is -2.36. The minimum atomic E-state index is -1.06. The standard InChI is InChI=1S/C24H23N5O6/c1-3-35-23(33)13-8-10-14(11-9-13)25-21(31)15-12-18(30)27-20-19(15)22(32)29-24(28-20)26-16-6-4-5-7-17(16)34-2/h4-11,15H,3,12H2,1-2H3,(H,25,31)(H3,26,27,28,29,30,32). The molecule has 4 N–H and O–H groups in total. The van der Waals surface area contributed by atoms with Crippen LogP contribution in [0.1, 0.15) is 35.2 Å². The number of anilines is 4. The monoisotopic (exact) mass is 477 g/mol. The van der Waals surface area contributed by atoms with Crippen molar-refractivity contribution in [2.45, 2.75) is 19.3 Å². The Balaban J connectivity index is 1.57. The van der Waals surface area contributed by atoms with Crippen molar-refractivity contribution in [2.75, 3.05) is 29.7 Å². The number of nitrogens with one attached hydrogen (secondary N) is 4. The van der Waals surface area contributed by atoms with E-state index >= 15 is 0 Å². The van der Waals surface area contributed by atoms with Gasteiger partial charge in [-0.2, -0.15) is 4.98 Å². The molecule has 4 rings (SSSR count). The van der Waals surface area contributed by atoms with Crippen molar-refractivity contribution in [2.24, 2.45) is 0 Å². The van der Waals surface area contributed by atoms with Gasteiger partial charge in [-0.05, 0) is 43.3 Å². The third-order valence-corrected chi connectivity index (χ3v) is 5.29. The molecule has 1 unspecified atom stereocenters. The first-order valence-electron chi connectivity index (χ1n) is 10.8. The Morgan fingerprint density at radius 3 is 2.57 bits per heavy atom. The van der Waals surface area contributed by atoms with Crippen LogP contribution in [-0.2, 0) is 14.3 Å². The number of para-hydroxylation sites is 2. The highest BCUT2D eigenvalue weighted by Gasteiger charge is 2.35. The molecule has 2 heterocycles. The summed E-state index contributed by atoms with van der Waals surface area (Å²) in [6, 6.07) is 13.1. The first-order chi connectivity index (χ1) is 16.9. The number of fused-ring (bicyclic) bond motifs is 1. The molecule has 0 bridgehead atoms. The fourth-order valence-corrected chi connectivity index (χ4v) is 3.66. The number of ether oxygens (including phenoxy) is 2. The SMILES string of the molecule is CCOC(=O)c1ccc(NC(=O)C2CC(=O)Nc3nc(Nc4ccccc4OC)[nH]c(=O)c32)cc1. The Bertz CT molecular complexity index is 1330. The van der Waals surface area contributed by atoms with Gasteiger partial charge in [0.2, 0.25) is 17.8 Å². The number of rotatable bonds is 7. The molecule has 0 saturated carbocycles. The first kappa shape index (κ1) is 23.5. The van der Waals surface area contributed by atoms with Crippen LogP contribution in [0.5, 0.6) is 5.75 Å². The number of aromatic nitrogens is 2. The van der Waals surface area contributed by atoms with Gasteiger partial charge in [0.05, 0.1) is 36.4 Å². The summed E-state index contributed by atoms with van der Waals surface area (Å²) >= 11 is 0. The highest BCUT2D eigenvalue weighted by Crippen LogP contribution is 2.31. The molecule has 0 aliphatic carbocycles. The number of carbonyl (C=O) groups is 3. The van der Waals surface area contributed by atoms with Crippen LogP contribution in [0.15, 0.2) is 53.3 Å². The Hall–Kier alpha value is -4.67. The average Bonchev–Trinajstić information content (AvgIpc) is 2.84. The number of aromatic amines is 1. The molecule has 2 aromatic carbocycles. The molecule has 1 aliphatic rings. The van der Waals surface area contributed by atoms with E-state index in [-0.39, 0.29) is 30.4 Å². The van der Waals surface area contributed by atoms with E-state index < -0.39 is 29.3 Å². The van der Waals surface area contributed by atoms with Gasteiger partial charge < -0.3 is 25.4 Å². The minimum absolute atomic E-state index is 0.000192. The molecule has 0 fully saturated rings. The molecule has 3 aromatic rings. The maximum absolute atomic E-state index is 13.0. The highest BCUT2D eigenvalue weighted by molar-refractivity contribution is 6.04. The summed E-state index contributed by atoms with van der Waals surface area (Å²) in [6.07, 6.45) is -0.218. The number of hydrogen-bond acceptors (Lipinski definition) is 8. The van der Waals surface area contributed by atoms with Crippen molar-refractivity contribution >= 4 is 40.9 Å². The predicted octanol–water partition coefficient (Wildman–Crippen LogP) is 2.76. The third kappa shape index (κ3) is 5.13. The van der Waals surface area contributed by atoms with Gasteiger partial charge >= 0.3 is 5.97 Å². The molecule has 0 spiro atoms. The molecular weight excluding hydrogens is 454 g/mol. The maximum Gasteiger partial charge on any atom is 0.338 e. The lowest BCUT2D eigenvalue weighted by molar-refractivity contribution is -0.123. The minimum Gasteiger partial charge on any atom is -0.495 e. The summed E-state index contributed by atoms with van der Waals surface area (Å²) in [5.74, 6) is -1.92. The second-order valence-electron chi connectivity index (χ2n) is 7.59. The quantitative estimate of drug-likeness (QED) is 0.379. The van der Waals surface area contributed by atoms with Crippen molar-refractivity contribution in [1.29, 1.82) is 0 Å². The summed E-state index contributed by atoms with van der Waals surface area (Å²) in [6.45, 7) is 1.96. The topological polar surface area (TPSA) is 152 Å². The van der Waals surface area contributed by atoms with Crippen molar-refractivity contribution in [1.82, 2.24) is 9.97 Å². The van der Waals surface area contributed by atoms with E-state index in [2.05, 4.69) is 25.9 Å². The number of hydrogen-bond donors (Lipinski definition) is 4. The molecule has 35 heavy (non-hydrogen) atoms. The fraction of sp³-hybridized carbons (Fsp3) is 0.208. The van der Waals surface area contributed by atoms with Crippen LogP contribution in [-0.4, -0.2) is 41.5 Å². The average molecular weight is 477 g/mol. The first-order valence-corrected chi connectivity index (χ1v) is 10.8. The van der Waals surface area contributed by atoms with E-state index in [1.165, 1.54) is 31.4 Å². The molecule has 1 atom stereocenters. The molecule has 180 valence electrons. The largest absolute Gasteiger partial charge is 0.495 e. The van der Waals surface area contributed by atoms with Crippen molar-refractivity contribution in [3.05, 3.63) is 70.0 Å². The highest BCUT2D eigenvalue weighted by atomic mass is 16.5. The molecule has 0 saturated heterocycles. The predicted molar refractivity (Wildman–Crippen MR) is 128 cm³/mol. The summed E-state index contributed by atoms with van der Waals surface area (Å²) in [5.41, 5.74) is 0.777. The number of benzene rings is 2. The Kier molecular flexibility index (Phi) is 6.76. The maximum atomic E-state index is 13.0. The van der Waals surface area contributed by atoms with E-state index in [1.54, 1.807) is 31.2 Å². The summed E-state index contributed by atoms with van der Waals surface area (Å²) in [5, 5.41) is 8.20. The van der Waals surface area contributed by atoms with Crippen LogP contribution in [0.3, 0.4) is 0 Å². The van der Waals surface area contributed by atoms with Gasteiger partial charge in [-0.3, -0.25) is 19.4 Å². The molecule has 1 aliphatic heterocycles. The number of esters is 1. The van der Waals surface area contributed by atoms with Crippen molar-refractivity contribution in [3.63, 3.8) is 0 Å². The zero-order valence-corrected chi connectivity index (χ0v) is 19.0. The van der Waals surface area contributed by atoms with Gasteiger partial charge in [-0.15, -0.1) is 0 Å². The zero-order valence-electron chi connectivity index (χ0n) is 19.0. The van der Waals surface area contributed by atoms with Crippen molar-refractivity contribution < 1.29 is 23.9 Å². The Morgan fingerprint density at radius 2 is 1.86 bits per heavy atom. The Labute approximate surface area is 199 Å². The van der Waals surface area contributed by atoms with Gasteiger partial charge in [-0.1, -0.05) is 12.1 Å². The summed E-state index contributed by atoms with van der Waals surface area (Å²) in [7, 11) is 1.51. The van der Waals surface area contributed by atoms with Gasteiger partial charge in [-0.25, -0.2) is 4.79 Å². The lowest BCUT2D eigenvalue weighted by Gasteiger charge is -2.23. The number of nitrogens with zero attached hydrogens (tertiary/aromatic N) is 1. The summed E-state index contributed by atoms with van der Waals surface area (Å²) in [4.78, 5) is 57.0.